The van der Waals surface area contributed by atoms with Crippen molar-refractivity contribution in [2.75, 3.05) is 73.7 Å². The molecule has 4 aromatic carbocycles. The highest BCUT2D eigenvalue weighted by Gasteiger charge is 2.13. The first kappa shape index (κ1) is 84.7. The van der Waals surface area contributed by atoms with Crippen molar-refractivity contribution in [3.63, 3.8) is 0 Å². The Morgan fingerprint density at radius 3 is 0.921 bits per heavy atom. The summed E-state index contributed by atoms with van der Waals surface area (Å²) in [6, 6.07) is 27.4. The van der Waals surface area contributed by atoms with Gasteiger partial charge in [0.05, 0.1) is 64.0 Å². The zero-order valence-corrected chi connectivity index (χ0v) is 54.4. The van der Waals surface area contributed by atoms with E-state index in [0.29, 0.717) is 87.7 Å². The largest absolute Gasteiger partial charge is 0.494 e. The molecule has 0 aliphatic heterocycles. The van der Waals surface area contributed by atoms with Crippen LogP contribution in [0, 0.1) is 6.92 Å². The van der Waals surface area contributed by atoms with Crippen LogP contribution in [-0.4, -0.2) is 109 Å². The molecule has 0 aliphatic rings. The zero-order chi connectivity index (χ0) is 67.0. The van der Waals surface area contributed by atoms with Crippen LogP contribution in [0.15, 0.2) is 173 Å². The van der Waals surface area contributed by atoms with Crippen molar-refractivity contribution in [2.45, 2.75) is 125 Å². The molecule has 0 bridgehead atoms. The number of unbranched alkanes of at least 4 members (excludes halogenated alkanes) is 9. The summed E-state index contributed by atoms with van der Waals surface area (Å²) >= 11 is 0. The summed E-state index contributed by atoms with van der Waals surface area (Å²) in [6.07, 6.45) is 20.0. The van der Waals surface area contributed by atoms with Gasteiger partial charge < -0.3 is 52.1 Å². The average molecular weight is 1240 g/mol. The van der Waals surface area contributed by atoms with Crippen LogP contribution < -0.4 is 23.7 Å². The molecule has 0 N–H and O–H groups in total. The maximum atomic E-state index is 12.6. The molecule has 0 radical (unpaired) electrons. The predicted octanol–water partition coefficient (Wildman–Crippen LogP) is 15.9. The molecule has 0 saturated heterocycles. The summed E-state index contributed by atoms with van der Waals surface area (Å²) < 4.78 is 56.8. The molecule has 89 heavy (non-hydrogen) atoms. The number of esters is 6. The van der Waals surface area contributed by atoms with Gasteiger partial charge in [-0.25, -0.2) is 28.8 Å². The number of carbonyl (C=O) groups excluding carboxylic acids is 6. The van der Waals surface area contributed by atoms with E-state index in [-0.39, 0.29) is 11.7 Å². The molecule has 0 atom stereocenters. The lowest BCUT2D eigenvalue weighted by molar-refractivity contribution is -0.138. The lowest BCUT2D eigenvalue weighted by Crippen LogP contribution is -2.10. The Hall–Kier alpha value is -8.54. The van der Waals surface area contributed by atoms with Crippen LogP contribution in [0.4, 0.5) is 0 Å². The highest BCUT2D eigenvalue weighted by molar-refractivity contribution is 5.93. The second-order valence-corrected chi connectivity index (χ2v) is 17.9. The molecule has 17 heteroatoms. The van der Waals surface area contributed by atoms with E-state index in [1.165, 1.54) is 35.9 Å². The lowest BCUT2D eigenvalue weighted by Gasteiger charge is -2.09. The van der Waals surface area contributed by atoms with Crippen molar-refractivity contribution in [1.29, 1.82) is 0 Å². The maximum absolute atomic E-state index is 12.6. The first-order valence-electron chi connectivity index (χ1n) is 30.3. The number of ether oxygens (including phenoxy) is 11. The molecule has 0 saturated carbocycles. The van der Waals surface area contributed by atoms with Gasteiger partial charge in [-0.1, -0.05) is 90.3 Å². The van der Waals surface area contributed by atoms with E-state index in [0.717, 1.165) is 108 Å². The Morgan fingerprint density at radius 2 is 0.607 bits per heavy atom. The van der Waals surface area contributed by atoms with Gasteiger partial charge in [0.25, 0.3) is 0 Å². The van der Waals surface area contributed by atoms with E-state index in [4.69, 9.17) is 47.4 Å². The van der Waals surface area contributed by atoms with Crippen LogP contribution >= 0.6 is 0 Å². The van der Waals surface area contributed by atoms with Gasteiger partial charge >= 0.3 is 35.8 Å². The number of rotatable bonds is 38. The summed E-state index contributed by atoms with van der Waals surface area (Å²) in [5.74, 6) is 0.159. The fraction of sp³-hybridized carbons (Fsp3) is 0.417. The predicted molar refractivity (Wildman–Crippen MR) is 354 cm³/mol. The lowest BCUT2D eigenvalue weighted by atomic mass is 10.2. The molecular weight excluding hydrogens is 1140 g/mol. The number of hydrogen-bond acceptors (Lipinski definition) is 17. The number of carbonyl (C=O) groups is 6. The van der Waals surface area contributed by atoms with Crippen molar-refractivity contribution in [2.24, 2.45) is 0 Å². The summed E-state index contributed by atoms with van der Waals surface area (Å²) in [6.45, 7) is 36.8. The average Bonchev–Trinajstić information content (AvgIpc) is 3.67. The fourth-order valence-corrected chi connectivity index (χ4v) is 6.41. The van der Waals surface area contributed by atoms with Crippen molar-refractivity contribution in [1.82, 2.24) is 0 Å². The molecule has 0 aromatic heterocycles. The topological polar surface area (TPSA) is 204 Å². The Labute approximate surface area is 531 Å². The molecule has 0 amide bonds. The standard InChI is InChI=1S/C38H42O10.C13H16O3.C12H20O3.C3H6.C2H6O.2C2H6/c1-3-35(39)45-27-11-7-5-9-25-43-31-17-13-29(14-18-31)37(41)47-33-19-15-30(16-20-33)38(42)48-34-23-21-32(22-24-34)44-26-10-6-8-12-28-46-36(40)4-2;1-3-13(14)16-10-4-9-15-12-7-5-11(2)6-8-12;1-3-9-14-10-7-5-6-8-11-15-12(13)4-2;2*1-3-2;2*1-2/h3-4,13-24H,1-2,5-12,25-28H2;3,5-8H,1,4,9-10H2,2H3;3-4H,1-2,5-11H2;3H,1H2,2H3;1-2H3;2*1-2H3. The molecule has 0 unspecified atom stereocenters. The quantitative estimate of drug-likeness (QED) is 0.0102. The summed E-state index contributed by atoms with van der Waals surface area (Å²) in [5.41, 5.74) is 1.86. The molecule has 492 valence electrons. The Kier molecular flexibility index (Phi) is 59.5. The molecule has 4 aromatic rings. The maximum Gasteiger partial charge on any atom is 0.343 e. The van der Waals surface area contributed by atoms with Gasteiger partial charge in [-0.2, -0.15) is 0 Å². The molecule has 17 nitrogen and oxygen atoms in total. The smallest absolute Gasteiger partial charge is 0.343 e. The van der Waals surface area contributed by atoms with Gasteiger partial charge in [-0.3, -0.25) is 0 Å². The van der Waals surface area contributed by atoms with Crippen LogP contribution in [0.5, 0.6) is 28.7 Å². The molecule has 0 spiro atoms. The number of hydrogen-bond donors (Lipinski definition) is 0. The fourth-order valence-electron chi connectivity index (χ4n) is 6.41. The molecule has 0 aliphatic carbocycles. The second kappa shape index (κ2) is 62.5. The minimum Gasteiger partial charge on any atom is -0.494 e. The first-order chi connectivity index (χ1) is 43.2. The van der Waals surface area contributed by atoms with Gasteiger partial charge in [0.15, 0.2) is 0 Å². The summed E-state index contributed by atoms with van der Waals surface area (Å²) in [4.78, 5) is 68.6. The van der Waals surface area contributed by atoms with Gasteiger partial charge in [-0.05, 0) is 169 Å². The van der Waals surface area contributed by atoms with E-state index < -0.39 is 29.8 Å². The van der Waals surface area contributed by atoms with Crippen molar-refractivity contribution >= 4 is 35.8 Å². The second-order valence-electron chi connectivity index (χ2n) is 17.9. The van der Waals surface area contributed by atoms with Crippen LogP contribution in [0.3, 0.4) is 0 Å². The number of methoxy groups -OCH3 is 1. The minimum absolute atomic E-state index is 0.286. The molecule has 0 heterocycles. The third-order valence-corrected chi connectivity index (χ3v) is 10.7. The Bertz CT molecular complexity index is 2480. The van der Waals surface area contributed by atoms with Crippen LogP contribution in [0.25, 0.3) is 0 Å². The van der Waals surface area contributed by atoms with Crippen LogP contribution in [-0.2, 0) is 47.6 Å². The third kappa shape index (κ3) is 51.2. The minimum atomic E-state index is -0.551. The highest BCUT2D eigenvalue weighted by Crippen LogP contribution is 2.22. The van der Waals surface area contributed by atoms with Crippen molar-refractivity contribution < 1.29 is 80.9 Å². The Morgan fingerprint density at radius 1 is 0.360 bits per heavy atom. The van der Waals surface area contributed by atoms with Crippen LogP contribution in [0.1, 0.15) is 144 Å². The van der Waals surface area contributed by atoms with E-state index in [1.807, 2.05) is 65.8 Å². The molecule has 0 fully saturated rings. The summed E-state index contributed by atoms with van der Waals surface area (Å²) in [7, 11) is 3.25. The van der Waals surface area contributed by atoms with Gasteiger partial charge in [0, 0.05) is 51.6 Å². The SMILES string of the molecule is C=CC.C=CC(=O)OCCCCCCOc1ccc(OC(=O)c2ccc(OC(=O)c3ccc(OCCCCCCOC(=O)C=C)cc3)cc2)cc1.C=CC(=O)OCCCOc1ccc(C)cc1.C=CCOCCCCCCOC(=O)C=C.CC.CC.COC. The third-order valence-electron chi connectivity index (χ3n) is 10.7. The molecule has 4 rings (SSSR count). The van der Waals surface area contributed by atoms with E-state index in [1.54, 1.807) is 74.9 Å². The zero-order valence-electron chi connectivity index (χ0n) is 54.4. The van der Waals surface area contributed by atoms with Gasteiger partial charge in [0.1, 0.15) is 28.7 Å². The number of aryl methyl sites for hydroxylation is 1. The first-order valence-corrected chi connectivity index (χ1v) is 30.3. The highest BCUT2D eigenvalue weighted by atomic mass is 16.6. The van der Waals surface area contributed by atoms with Crippen molar-refractivity contribution in [3.8, 4) is 28.7 Å². The number of allylic oxidation sites excluding steroid dienone is 1. The van der Waals surface area contributed by atoms with Crippen LogP contribution in [0.2, 0.25) is 0 Å². The molecular formula is C72H102O17. The summed E-state index contributed by atoms with van der Waals surface area (Å²) in [5, 5.41) is 0. The van der Waals surface area contributed by atoms with E-state index in [2.05, 4.69) is 44.2 Å². The Balaban J connectivity index is -0.00000146. The van der Waals surface area contributed by atoms with Crippen molar-refractivity contribution in [3.05, 3.63) is 190 Å². The normalized spacial score (nSPS) is 9.39. The number of benzene rings is 4. The monoisotopic (exact) mass is 1240 g/mol. The van der Waals surface area contributed by atoms with E-state index >= 15 is 0 Å². The van der Waals surface area contributed by atoms with Gasteiger partial charge in [0.2, 0.25) is 0 Å². The van der Waals surface area contributed by atoms with E-state index in [9.17, 15) is 28.8 Å². The van der Waals surface area contributed by atoms with Gasteiger partial charge in [-0.15, -0.1) is 13.2 Å².